The van der Waals surface area contributed by atoms with Crippen molar-refractivity contribution in [3.63, 3.8) is 0 Å². The predicted molar refractivity (Wildman–Crippen MR) is 126 cm³/mol. The van der Waals surface area contributed by atoms with E-state index in [0.717, 1.165) is 31.3 Å². The second-order valence-corrected chi connectivity index (χ2v) is 8.82. The standard InChI is InChI=1S/C24H39ClN2O3/c1-18(2)9-7-11-20(5)13-15-26-22(28)17-24(25,30)23(29)27-16-14-21(6)12-8-10-19(3)4/h9-10,13-14,30H,7-8,11-12,15-17H2,1-6H3,(H,26,28)(H,27,29)/b20-13+,21-14+. The van der Waals surface area contributed by atoms with Crippen LogP contribution in [0.4, 0.5) is 0 Å². The maximum absolute atomic E-state index is 12.1. The van der Waals surface area contributed by atoms with Gasteiger partial charge in [-0.25, -0.2) is 0 Å². The molecule has 0 saturated carbocycles. The number of hydrogen-bond donors (Lipinski definition) is 3. The predicted octanol–water partition coefficient (Wildman–Crippen LogP) is 4.92. The lowest BCUT2D eigenvalue weighted by molar-refractivity contribution is -0.137. The zero-order chi connectivity index (χ0) is 23.2. The van der Waals surface area contributed by atoms with E-state index in [0.29, 0.717) is 6.54 Å². The van der Waals surface area contributed by atoms with E-state index < -0.39 is 23.3 Å². The van der Waals surface area contributed by atoms with Crippen LogP contribution in [0.3, 0.4) is 0 Å². The van der Waals surface area contributed by atoms with Gasteiger partial charge in [0.1, 0.15) is 0 Å². The molecule has 0 rings (SSSR count). The molecule has 0 fully saturated rings. The summed E-state index contributed by atoms with van der Waals surface area (Å²) in [6.45, 7) is 12.8. The molecule has 0 radical (unpaired) electrons. The Labute approximate surface area is 187 Å². The first-order chi connectivity index (χ1) is 13.9. The van der Waals surface area contributed by atoms with Crippen LogP contribution in [0.1, 0.15) is 73.6 Å². The third-order valence-corrected chi connectivity index (χ3v) is 4.69. The van der Waals surface area contributed by atoms with Crippen molar-refractivity contribution in [1.82, 2.24) is 10.6 Å². The van der Waals surface area contributed by atoms with Crippen LogP contribution < -0.4 is 10.6 Å². The fraction of sp³-hybridized carbons (Fsp3) is 0.583. The number of hydrogen-bond acceptors (Lipinski definition) is 3. The molecule has 1 atom stereocenters. The van der Waals surface area contributed by atoms with Gasteiger partial charge < -0.3 is 15.7 Å². The second-order valence-electron chi connectivity index (χ2n) is 8.19. The minimum atomic E-state index is -2.27. The number of aliphatic hydroxyl groups is 1. The zero-order valence-corrected chi connectivity index (χ0v) is 20.2. The Morgan fingerprint density at radius 1 is 0.800 bits per heavy atom. The highest BCUT2D eigenvalue weighted by Crippen LogP contribution is 2.16. The summed E-state index contributed by atoms with van der Waals surface area (Å²) in [5, 5.41) is 13.1. The second kappa shape index (κ2) is 15.0. The van der Waals surface area contributed by atoms with Crippen molar-refractivity contribution in [2.75, 3.05) is 13.1 Å². The Bertz CT molecular complexity index is 681. The fourth-order valence-corrected chi connectivity index (χ4v) is 2.72. The largest absolute Gasteiger partial charge is 0.367 e. The van der Waals surface area contributed by atoms with Crippen LogP contribution in [0, 0.1) is 0 Å². The Morgan fingerprint density at radius 2 is 1.23 bits per heavy atom. The Balaban J connectivity index is 4.35. The molecule has 30 heavy (non-hydrogen) atoms. The van der Waals surface area contributed by atoms with E-state index in [2.05, 4.69) is 50.5 Å². The average molecular weight is 439 g/mol. The zero-order valence-electron chi connectivity index (χ0n) is 19.4. The summed E-state index contributed by atoms with van der Waals surface area (Å²) in [7, 11) is 0. The molecule has 1 unspecified atom stereocenters. The smallest absolute Gasteiger partial charge is 0.268 e. The first kappa shape index (κ1) is 28.1. The van der Waals surface area contributed by atoms with Crippen LogP contribution in [0.5, 0.6) is 0 Å². The maximum atomic E-state index is 12.1. The molecule has 0 aromatic heterocycles. The summed E-state index contributed by atoms with van der Waals surface area (Å²) in [5.74, 6) is -1.26. The van der Waals surface area contributed by atoms with E-state index in [4.69, 9.17) is 11.6 Å². The van der Waals surface area contributed by atoms with Gasteiger partial charge >= 0.3 is 0 Å². The van der Waals surface area contributed by atoms with Gasteiger partial charge in [-0.2, -0.15) is 0 Å². The molecule has 0 aliphatic heterocycles. The lowest BCUT2D eigenvalue weighted by atomic mass is 10.1. The van der Waals surface area contributed by atoms with E-state index >= 15 is 0 Å². The van der Waals surface area contributed by atoms with E-state index in [-0.39, 0.29) is 6.54 Å². The van der Waals surface area contributed by atoms with Gasteiger partial charge in [0.15, 0.2) is 0 Å². The monoisotopic (exact) mass is 438 g/mol. The molecule has 0 aliphatic carbocycles. The van der Waals surface area contributed by atoms with Gasteiger partial charge in [-0.3, -0.25) is 9.59 Å². The van der Waals surface area contributed by atoms with Crippen LogP contribution >= 0.6 is 11.6 Å². The van der Waals surface area contributed by atoms with E-state index in [9.17, 15) is 14.7 Å². The highest BCUT2D eigenvalue weighted by atomic mass is 35.5. The van der Waals surface area contributed by atoms with Crippen molar-refractivity contribution in [3.8, 4) is 0 Å². The lowest BCUT2D eigenvalue weighted by Gasteiger charge is -2.19. The van der Waals surface area contributed by atoms with Crippen molar-refractivity contribution in [2.24, 2.45) is 0 Å². The Morgan fingerprint density at radius 3 is 1.67 bits per heavy atom. The van der Waals surface area contributed by atoms with Gasteiger partial charge in [-0.15, -0.1) is 0 Å². The molecular weight excluding hydrogens is 400 g/mol. The van der Waals surface area contributed by atoms with Crippen molar-refractivity contribution in [2.45, 2.75) is 78.7 Å². The fourth-order valence-electron chi connectivity index (χ4n) is 2.53. The third kappa shape index (κ3) is 15.1. The first-order valence-corrected chi connectivity index (χ1v) is 10.9. The maximum Gasteiger partial charge on any atom is 0.268 e. The third-order valence-electron chi connectivity index (χ3n) is 4.39. The van der Waals surface area contributed by atoms with Gasteiger partial charge in [-0.05, 0) is 67.2 Å². The minimum absolute atomic E-state index is 0.254. The molecule has 2 amide bonds. The molecule has 6 heteroatoms. The topological polar surface area (TPSA) is 78.4 Å². The summed E-state index contributed by atoms with van der Waals surface area (Å²) >= 11 is 5.89. The quantitative estimate of drug-likeness (QED) is 0.282. The Kier molecular flexibility index (Phi) is 14.1. The van der Waals surface area contributed by atoms with E-state index in [1.165, 1.54) is 16.7 Å². The average Bonchev–Trinajstić information content (AvgIpc) is 2.60. The van der Waals surface area contributed by atoms with Gasteiger partial charge in [0.2, 0.25) is 11.0 Å². The highest BCUT2D eigenvalue weighted by Gasteiger charge is 2.35. The van der Waals surface area contributed by atoms with Crippen LogP contribution in [-0.4, -0.2) is 35.1 Å². The van der Waals surface area contributed by atoms with Crippen LogP contribution in [0.25, 0.3) is 0 Å². The SMILES string of the molecule is CC(C)=CCC/C(C)=C/CNC(=O)CC(O)(Cl)C(=O)NC/C=C(\C)CCC=C(C)C. The number of rotatable bonds is 13. The molecular formula is C24H39ClN2O3. The summed E-state index contributed by atoms with van der Waals surface area (Å²) in [6, 6.07) is 0. The number of nitrogens with one attached hydrogen (secondary N) is 2. The molecule has 0 aromatic rings. The van der Waals surface area contributed by atoms with Gasteiger partial charge in [0.05, 0.1) is 6.42 Å². The number of carbonyl (C=O) groups is 2. The van der Waals surface area contributed by atoms with Crippen molar-refractivity contribution in [1.29, 1.82) is 0 Å². The molecule has 3 N–H and O–H groups in total. The van der Waals surface area contributed by atoms with Gasteiger partial charge in [0, 0.05) is 13.1 Å². The first-order valence-electron chi connectivity index (χ1n) is 10.5. The molecule has 0 bridgehead atoms. The molecule has 0 saturated heterocycles. The van der Waals surface area contributed by atoms with Crippen molar-refractivity contribution in [3.05, 3.63) is 46.6 Å². The number of halogens is 1. The summed E-state index contributed by atoms with van der Waals surface area (Å²) in [5.41, 5.74) is 4.86. The van der Waals surface area contributed by atoms with Crippen LogP contribution in [-0.2, 0) is 9.59 Å². The number of carbonyl (C=O) groups excluding carboxylic acids is 2. The number of amides is 2. The molecule has 5 nitrogen and oxygen atoms in total. The normalized spacial score (nSPS) is 13.9. The molecule has 0 spiro atoms. The molecule has 0 heterocycles. The van der Waals surface area contributed by atoms with Crippen LogP contribution in [0.15, 0.2) is 46.6 Å². The summed E-state index contributed by atoms with van der Waals surface area (Å²) in [6.07, 6.45) is 11.4. The molecule has 0 aromatic carbocycles. The summed E-state index contributed by atoms with van der Waals surface area (Å²) < 4.78 is 0. The van der Waals surface area contributed by atoms with E-state index in [1.807, 2.05) is 26.0 Å². The van der Waals surface area contributed by atoms with E-state index in [1.54, 1.807) is 0 Å². The van der Waals surface area contributed by atoms with Crippen molar-refractivity contribution < 1.29 is 14.7 Å². The Hall–Kier alpha value is -1.85. The van der Waals surface area contributed by atoms with Crippen molar-refractivity contribution >= 4 is 23.4 Å². The minimum Gasteiger partial charge on any atom is -0.367 e. The van der Waals surface area contributed by atoms with Gasteiger partial charge in [0.25, 0.3) is 5.91 Å². The highest BCUT2D eigenvalue weighted by molar-refractivity contribution is 6.34. The summed E-state index contributed by atoms with van der Waals surface area (Å²) in [4.78, 5) is 24.1. The molecule has 170 valence electrons. The lowest BCUT2D eigenvalue weighted by Crippen LogP contribution is -2.45. The van der Waals surface area contributed by atoms with Crippen LogP contribution in [0.2, 0.25) is 0 Å². The number of alkyl halides is 1. The van der Waals surface area contributed by atoms with Gasteiger partial charge in [-0.1, -0.05) is 58.2 Å². The molecule has 0 aliphatic rings. The number of allylic oxidation sites excluding steroid dienone is 6.